The molecule has 8 heteroatoms. The number of likely N-dealkylation sites (tertiary alicyclic amines) is 1. The predicted molar refractivity (Wildman–Crippen MR) is 109 cm³/mol. The summed E-state index contributed by atoms with van der Waals surface area (Å²) in [5, 5.41) is 7.80. The summed E-state index contributed by atoms with van der Waals surface area (Å²) < 4.78 is 13.7. The highest BCUT2D eigenvalue weighted by Crippen LogP contribution is 2.31. The Morgan fingerprint density at radius 3 is 2.64 bits per heavy atom. The number of nitrogens with one attached hydrogen (secondary N) is 1. The van der Waals surface area contributed by atoms with Gasteiger partial charge in [-0.1, -0.05) is 0 Å². The van der Waals surface area contributed by atoms with Gasteiger partial charge in [0.1, 0.15) is 5.54 Å². The molecule has 1 atom stereocenters. The number of halogens is 1. The first-order valence-electron chi connectivity index (χ1n) is 10.5. The summed E-state index contributed by atoms with van der Waals surface area (Å²) in [6.45, 7) is 4.81. The third kappa shape index (κ3) is 4.70. The summed E-state index contributed by atoms with van der Waals surface area (Å²) >= 11 is 0. The third-order valence-corrected chi connectivity index (χ3v) is 6.29. The zero-order chi connectivity index (χ0) is 18.5. The molecule has 1 aromatic heterocycles. The first kappa shape index (κ1) is 21.6. The van der Waals surface area contributed by atoms with E-state index in [1.165, 1.54) is 12.8 Å². The zero-order valence-electron chi connectivity index (χ0n) is 16.6. The van der Waals surface area contributed by atoms with Gasteiger partial charge >= 0.3 is 0 Å². The van der Waals surface area contributed by atoms with Crippen molar-refractivity contribution in [1.29, 1.82) is 0 Å². The van der Waals surface area contributed by atoms with E-state index < -0.39 is 5.54 Å². The molecule has 0 radical (unpaired) electrons. The van der Waals surface area contributed by atoms with E-state index in [1.54, 1.807) is 6.20 Å². The molecule has 0 aromatic carbocycles. The average molecular weight is 413 g/mol. The van der Waals surface area contributed by atoms with Crippen molar-refractivity contribution in [3.05, 3.63) is 18.5 Å². The SMILES string of the molecule is Cl.O=C(N1CCC(OCC2CCCCO2)CC1)C1(n2cccn2)CCNCC1. The van der Waals surface area contributed by atoms with E-state index in [2.05, 4.69) is 10.4 Å². The highest BCUT2D eigenvalue weighted by atomic mass is 35.5. The number of amides is 1. The van der Waals surface area contributed by atoms with Gasteiger partial charge in [-0.05, 0) is 64.1 Å². The minimum atomic E-state index is -0.529. The lowest BCUT2D eigenvalue weighted by Gasteiger charge is -2.42. The standard InChI is InChI=1S/C20H32N4O3.ClH/c25-19(20(7-10-21-11-8-20)24-12-3-9-22-24)23-13-5-17(6-14-23)27-16-18-4-1-2-15-26-18;/h3,9,12,17-18,21H,1-2,4-8,10-11,13-16H2;1H. The Bertz CT molecular complexity index is 593. The van der Waals surface area contributed by atoms with Crippen LogP contribution in [0.25, 0.3) is 0 Å². The molecule has 4 heterocycles. The molecule has 0 spiro atoms. The molecule has 1 N–H and O–H groups in total. The molecule has 1 unspecified atom stereocenters. The zero-order valence-corrected chi connectivity index (χ0v) is 17.4. The number of hydrogen-bond acceptors (Lipinski definition) is 5. The van der Waals surface area contributed by atoms with Crippen LogP contribution in [0.3, 0.4) is 0 Å². The second kappa shape index (κ2) is 10.1. The van der Waals surface area contributed by atoms with Crippen molar-refractivity contribution >= 4 is 18.3 Å². The first-order valence-corrected chi connectivity index (χ1v) is 10.5. The van der Waals surface area contributed by atoms with Crippen molar-refractivity contribution in [2.45, 2.75) is 62.7 Å². The molecule has 0 saturated carbocycles. The Morgan fingerprint density at radius 2 is 2.00 bits per heavy atom. The monoisotopic (exact) mass is 412 g/mol. The molecule has 3 fully saturated rings. The molecule has 1 amide bonds. The molecule has 3 aliphatic heterocycles. The van der Waals surface area contributed by atoms with E-state index in [4.69, 9.17) is 9.47 Å². The Kier molecular flexibility index (Phi) is 7.74. The Hall–Kier alpha value is -1.15. The summed E-state index contributed by atoms with van der Waals surface area (Å²) in [5.74, 6) is 0.224. The summed E-state index contributed by atoms with van der Waals surface area (Å²) in [6, 6.07) is 1.91. The van der Waals surface area contributed by atoms with Gasteiger partial charge in [0.25, 0.3) is 5.91 Å². The van der Waals surface area contributed by atoms with Gasteiger partial charge in [-0.25, -0.2) is 0 Å². The van der Waals surface area contributed by atoms with Crippen molar-refractivity contribution in [3.63, 3.8) is 0 Å². The second-order valence-corrected chi connectivity index (χ2v) is 8.05. The van der Waals surface area contributed by atoms with Gasteiger partial charge in [0.05, 0.1) is 18.8 Å². The van der Waals surface area contributed by atoms with Gasteiger partial charge in [0.2, 0.25) is 0 Å². The van der Waals surface area contributed by atoms with Crippen molar-refractivity contribution in [2.75, 3.05) is 39.4 Å². The first-order chi connectivity index (χ1) is 13.3. The van der Waals surface area contributed by atoms with E-state index in [1.807, 2.05) is 21.8 Å². The van der Waals surface area contributed by atoms with Crippen LogP contribution >= 0.6 is 12.4 Å². The molecule has 28 heavy (non-hydrogen) atoms. The van der Waals surface area contributed by atoms with Gasteiger partial charge in [-0.2, -0.15) is 5.10 Å². The highest BCUT2D eigenvalue weighted by Gasteiger charge is 2.45. The van der Waals surface area contributed by atoms with Crippen molar-refractivity contribution in [3.8, 4) is 0 Å². The van der Waals surface area contributed by atoms with Crippen LogP contribution in [0.1, 0.15) is 44.9 Å². The van der Waals surface area contributed by atoms with Gasteiger partial charge < -0.3 is 19.7 Å². The van der Waals surface area contributed by atoms with Crippen molar-refractivity contribution in [2.24, 2.45) is 0 Å². The number of rotatable bonds is 5. The Morgan fingerprint density at radius 1 is 1.21 bits per heavy atom. The molecule has 1 aromatic rings. The fourth-order valence-electron chi connectivity index (χ4n) is 4.61. The van der Waals surface area contributed by atoms with E-state index in [9.17, 15) is 4.79 Å². The number of carbonyl (C=O) groups excluding carboxylic acids is 1. The predicted octanol–water partition coefficient (Wildman–Crippen LogP) is 1.96. The van der Waals surface area contributed by atoms with Crippen LogP contribution in [0, 0.1) is 0 Å². The summed E-state index contributed by atoms with van der Waals surface area (Å²) in [6.07, 6.45) is 11.1. The van der Waals surface area contributed by atoms with E-state index in [0.717, 1.165) is 64.9 Å². The summed E-state index contributed by atoms with van der Waals surface area (Å²) in [5.41, 5.74) is -0.529. The summed E-state index contributed by atoms with van der Waals surface area (Å²) in [7, 11) is 0. The maximum Gasteiger partial charge on any atom is 0.250 e. The van der Waals surface area contributed by atoms with E-state index in [0.29, 0.717) is 6.61 Å². The average Bonchev–Trinajstić information content (AvgIpc) is 3.29. The van der Waals surface area contributed by atoms with Crippen LogP contribution in [0.4, 0.5) is 0 Å². The maximum absolute atomic E-state index is 13.5. The van der Waals surface area contributed by atoms with Gasteiger partial charge in [0, 0.05) is 32.1 Å². The van der Waals surface area contributed by atoms with Gasteiger partial charge in [-0.15, -0.1) is 12.4 Å². The number of carbonyl (C=O) groups is 1. The van der Waals surface area contributed by atoms with E-state index in [-0.39, 0.29) is 30.5 Å². The normalized spacial score (nSPS) is 25.9. The molecular weight excluding hydrogens is 380 g/mol. The van der Waals surface area contributed by atoms with Crippen molar-refractivity contribution < 1.29 is 14.3 Å². The van der Waals surface area contributed by atoms with Crippen LogP contribution < -0.4 is 5.32 Å². The van der Waals surface area contributed by atoms with Crippen LogP contribution in [-0.2, 0) is 19.8 Å². The lowest BCUT2D eigenvalue weighted by molar-refractivity contribution is -0.146. The number of hydrogen-bond donors (Lipinski definition) is 1. The van der Waals surface area contributed by atoms with Crippen molar-refractivity contribution in [1.82, 2.24) is 20.0 Å². The van der Waals surface area contributed by atoms with E-state index >= 15 is 0 Å². The molecule has 7 nitrogen and oxygen atoms in total. The minimum Gasteiger partial charge on any atom is -0.376 e. The minimum absolute atomic E-state index is 0. The van der Waals surface area contributed by atoms with Crippen LogP contribution in [0.15, 0.2) is 18.5 Å². The molecule has 0 bridgehead atoms. The lowest BCUT2D eigenvalue weighted by Crippen LogP contribution is -2.57. The lowest BCUT2D eigenvalue weighted by atomic mass is 9.86. The number of ether oxygens (including phenoxy) is 2. The number of piperidine rings is 2. The Labute approximate surface area is 173 Å². The Balaban J connectivity index is 0.00000225. The van der Waals surface area contributed by atoms with Gasteiger partial charge in [0.15, 0.2) is 0 Å². The quantitative estimate of drug-likeness (QED) is 0.800. The van der Waals surface area contributed by atoms with Crippen LogP contribution in [0.2, 0.25) is 0 Å². The van der Waals surface area contributed by atoms with Crippen LogP contribution in [-0.4, -0.2) is 72.2 Å². The topological polar surface area (TPSA) is 68.6 Å². The molecule has 3 saturated heterocycles. The smallest absolute Gasteiger partial charge is 0.250 e. The summed E-state index contributed by atoms with van der Waals surface area (Å²) in [4.78, 5) is 15.5. The number of nitrogens with zero attached hydrogens (tertiary/aromatic N) is 3. The molecule has 0 aliphatic carbocycles. The number of aromatic nitrogens is 2. The highest BCUT2D eigenvalue weighted by molar-refractivity contribution is 5.85. The second-order valence-electron chi connectivity index (χ2n) is 8.05. The maximum atomic E-state index is 13.5. The largest absolute Gasteiger partial charge is 0.376 e. The molecule has 3 aliphatic rings. The molecular formula is C20H33ClN4O3. The molecule has 4 rings (SSSR count). The van der Waals surface area contributed by atoms with Crippen LogP contribution in [0.5, 0.6) is 0 Å². The fourth-order valence-corrected chi connectivity index (χ4v) is 4.61. The third-order valence-electron chi connectivity index (χ3n) is 6.29. The fraction of sp³-hybridized carbons (Fsp3) is 0.800. The molecule has 158 valence electrons. The van der Waals surface area contributed by atoms with Gasteiger partial charge in [-0.3, -0.25) is 9.48 Å².